The zero-order valence-corrected chi connectivity index (χ0v) is 14.6. The van der Waals surface area contributed by atoms with Gasteiger partial charge in [-0.15, -0.1) is 0 Å². The fourth-order valence-electron chi connectivity index (χ4n) is 2.42. The van der Waals surface area contributed by atoms with Gasteiger partial charge in [-0.2, -0.15) is 0 Å². The topological polar surface area (TPSA) is 89.9 Å². The molecule has 1 aromatic rings. The number of ketones is 1. The first-order valence-corrected chi connectivity index (χ1v) is 7.95. The summed E-state index contributed by atoms with van der Waals surface area (Å²) in [5.41, 5.74) is -2.06. The number of aliphatic hydroxyl groups is 1. The van der Waals surface area contributed by atoms with E-state index >= 15 is 0 Å². The maximum Gasteiger partial charge on any atom is 0.339 e. The van der Waals surface area contributed by atoms with Crippen molar-refractivity contribution in [3.05, 3.63) is 34.9 Å². The van der Waals surface area contributed by atoms with Gasteiger partial charge in [0.2, 0.25) is 0 Å². The fraction of sp³-hybridized carbons (Fsp3) is 0.471. The molecule has 0 radical (unpaired) electrons. The highest BCUT2D eigenvalue weighted by molar-refractivity contribution is 6.30. The maximum absolute atomic E-state index is 12.4. The second-order valence-electron chi connectivity index (χ2n) is 5.26. The molecule has 0 aliphatic heterocycles. The molecule has 0 unspecified atom stereocenters. The van der Waals surface area contributed by atoms with E-state index in [1.807, 2.05) is 0 Å². The second-order valence-corrected chi connectivity index (χ2v) is 5.70. The first-order chi connectivity index (χ1) is 11.3. The minimum atomic E-state index is -2.36. The van der Waals surface area contributed by atoms with Crippen LogP contribution in [0.5, 0.6) is 0 Å². The largest absolute Gasteiger partial charge is 0.465 e. The SMILES string of the molecule is CCOC(=O)[C@@H](c1ccc(Cl)cc1)[C@](O)(CC(C)=O)C(=O)OCC. The van der Waals surface area contributed by atoms with Gasteiger partial charge in [-0.05, 0) is 38.5 Å². The van der Waals surface area contributed by atoms with Gasteiger partial charge in [-0.1, -0.05) is 23.7 Å². The van der Waals surface area contributed by atoms with Crippen molar-refractivity contribution in [2.75, 3.05) is 13.2 Å². The highest BCUT2D eigenvalue weighted by Crippen LogP contribution is 2.35. The molecule has 0 heterocycles. The van der Waals surface area contributed by atoms with Crippen molar-refractivity contribution in [1.82, 2.24) is 0 Å². The van der Waals surface area contributed by atoms with Crippen LogP contribution in [0.1, 0.15) is 38.7 Å². The van der Waals surface area contributed by atoms with Crippen LogP contribution < -0.4 is 0 Å². The van der Waals surface area contributed by atoms with Crippen LogP contribution in [-0.4, -0.2) is 41.6 Å². The third-order valence-electron chi connectivity index (χ3n) is 3.35. The lowest BCUT2D eigenvalue weighted by Gasteiger charge is -2.32. The standard InChI is InChI=1S/C17H21ClO6/c1-4-23-15(20)14(12-6-8-13(18)9-7-12)17(22,10-11(3)19)16(21)24-5-2/h6-9,14,22H,4-5,10H2,1-3H3/t14-,17-/m1/s1. The van der Waals surface area contributed by atoms with E-state index in [1.54, 1.807) is 13.8 Å². The molecule has 1 aromatic carbocycles. The minimum absolute atomic E-state index is 0.00475. The maximum atomic E-state index is 12.4. The summed E-state index contributed by atoms with van der Waals surface area (Å²) < 4.78 is 9.88. The minimum Gasteiger partial charge on any atom is -0.465 e. The lowest BCUT2D eigenvalue weighted by Crippen LogP contribution is -2.50. The van der Waals surface area contributed by atoms with Crippen molar-refractivity contribution in [2.45, 2.75) is 38.7 Å². The average Bonchev–Trinajstić information content (AvgIpc) is 2.49. The molecule has 1 N–H and O–H groups in total. The number of halogens is 1. The number of hydrogen-bond acceptors (Lipinski definition) is 6. The predicted octanol–water partition coefficient (Wildman–Crippen LogP) is 2.26. The summed E-state index contributed by atoms with van der Waals surface area (Å²) in [6.07, 6.45) is -0.571. The molecular weight excluding hydrogens is 336 g/mol. The van der Waals surface area contributed by atoms with Crippen LogP contribution in [0.2, 0.25) is 5.02 Å². The van der Waals surface area contributed by atoms with E-state index in [9.17, 15) is 19.5 Å². The van der Waals surface area contributed by atoms with E-state index < -0.39 is 35.7 Å². The fourth-order valence-corrected chi connectivity index (χ4v) is 2.54. The Kier molecular flexibility index (Phi) is 7.38. The van der Waals surface area contributed by atoms with Crippen LogP contribution in [0.4, 0.5) is 0 Å². The van der Waals surface area contributed by atoms with Gasteiger partial charge in [0.1, 0.15) is 11.7 Å². The Morgan fingerprint density at radius 3 is 2.12 bits per heavy atom. The predicted molar refractivity (Wildman–Crippen MR) is 87.7 cm³/mol. The highest BCUT2D eigenvalue weighted by atomic mass is 35.5. The molecule has 132 valence electrons. The van der Waals surface area contributed by atoms with E-state index in [4.69, 9.17) is 21.1 Å². The first-order valence-electron chi connectivity index (χ1n) is 7.57. The summed E-state index contributed by atoms with van der Waals surface area (Å²) in [5, 5.41) is 11.4. The molecule has 0 spiro atoms. The summed E-state index contributed by atoms with van der Waals surface area (Å²) in [6, 6.07) is 6.02. The van der Waals surface area contributed by atoms with E-state index in [0.29, 0.717) is 10.6 Å². The molecule has 0 saturated carbocycles. The zero-order valence-electron chi connectivity index (χ0n) is 13.9. The van der Waals surface area contributed by atoms with Crippen LogP contribution in [0.15, 0.2) is 24.3 Å². The Morgan fingerprint density at radius 1 is 1.12 bits per heavy atom. The quantitative estimate of drug-likeness (QED) is 0.718. The van der Waals surface area contributed by atoms with E-state index in [0.717, 1.165) is 0 Å². The zero-order chi connectivity index (χ0) is 18.3. The molecule has 0 fully saturated rings. The van der Waals surface area contributed by atoms with Gasteiger partial charge in [0.15, 0.2) is 5.60 Å². The molecule has 7 heteroatoms. The van der Waals surface area contributed by atoms with Gasteiger partial charge in [0.25, 0.3) is 0 Å². The van der Waals surface area contributed by atoms with Crippen molar-refractivity contribution >= 4 is 29.3 Å². The number of benzene rings is 1. The number of Topliss-reactive ketones (excluding diaryl/α,β-unsaturated/α-hetero) is 1. The molecule has 6 nitrogen and oxygen atoms in total. The van der Waals surface area contributed by atoms with Crippen LogP contribution in [0.25, 0.3) is 0 Å². The summed E-state index contributed by atoms with van der Waals surface area (Å²) in [4.78, 5) is 36.4. The van der Waals surface area contributed by atoms with E-state index in [-0.39, 0.29) is 13.2 Å². The third kappa shape index (κ3) is 4.79. The summed E-state index contributed by atoms with van der Waals surface area (Å²) in [6.45, 7) is 4.43. The molecule has 24 heavy (non-hydrogen) atoms. The van der Waals surface area contributed by atoms with Gasteiger partial charge in [-0.25, -0.2) is 4.79 Å². The van der Waals surface area contributed by atoms with Gasteiger partial charge in [-0.3, -0.25) is 9.59 Å². The number of esters is 2. The van der Waals surface area contributed by atoms with Crippen LogP contribution in [0.3, 0.4) is 0 Å². The molecule has 0 bridgehead atoms. The van der Waals surface area contributed by atoms with Crippen molar-refractivity contribution in [3.8, 4) is 0 Å². The van der Waals surface area contributed by atoms with Crippen molar-refractivity contribution in [1.29, 1.82) is 0 Å². The number of carbonyl (C=O) groups excluding carboxylic acids is 3. The number of hydrogen-bond donors (Lipinski definition) is 1. The second kappa shape index (κ2) is 8.80. The lowest BCUT2D eigenvalue weighted by atomic mass is 9.78. The van der Waals surface area contributed by atoms with Gasteiger partial charge in [0.05, 0.1) is 13.2 Å². The van der Waals surface area contributed by atoms with Crippen LogP contribution >= 0.6 is 11.6 Å². The van der Waals surface area contributed by atoms with E-state index in [2.05, 4.69) is 0 Å². The number of rotatable bonds is 8. The lowest BCUT2D eigenvalue weighted by molar-refractivity contribution is -0.177. The van der Waals surface area contributed by atoms with Crippen LogP contribution in [-0.2, 0) is 23.9 Å². The first kappa shape index (κ1) is 20.1. The van der Waals surface area contributed by atoms with Gasteiger partial charge < -0.3 is 14.6 Å². The van der Waals surface area contributed by atoms with Crippen molar-refractivity contribution < 1.29 is 29.0 Å². The Labute approximate surface area is 145 Å². The van der Waals surface area contributed by atoms with Crippen LogP contribution in [0, 0.1) is 0 Å². The Morgan fingerprint density at radius 2 is 1.67 bits per heavy atom. The molecule has 0 aliphatic rings. The summed E-state index contributed by atoms with van der Waals surface area (Å²) in [7, 11) is 0. The molecule has 1 rings (SSSR count). The Bertz CT molecular complexity index is 598. The number of ether oxygens (including phenoxy) is 2. The molecular formula is C17H21ClO6. The molecule has 0 aliphatic carbocycles. The monoisotopic (exact) mass is 356 g/mol. The van der Waals surface area contributed by atoms with Crippen molar-refractivity contribution in [2.24, 2.45) is 0 Å². The number of carbonyl (C=O) groups is 3. The Hall–Kier alpha value is -1.92. The van der Waals surface area contributed by atoms with Crippen molar-refractivity contribution in [3.63, 3.8) is 0 Å². The van der Waals surface area contributed by atoms with E-state index in [1.165, 1.54) is 31.2 Å². The molecule has 0 aromatic heterocycles. The average molecular weight is 357 g/mol. The molecule has 2 atom stereocenters. The van der Waals surface area contributed by atoms with Gasteiger partial charge in [0, 0.05) is 11.4 Å². The smallest absolute Gasteiger partial charge is 0.339 e. The Balaban J connectivity index is 3.44. The summed E-state index contributed by atoms with van der Waals surface area (Å²) in [5.74, 6) is -3.74. The normalized spacial score (nSPS) is 14.4. The van der Waals surface area contributed by atoms with Gasteiger partial charge >= 0.3 is 11.9 Å². The highest BCUT2D eigenvalue weighted by Gasteiger charge is 2.51. The summed E-state index contributed by atoms with van der Waals surface area (Å²) >= 11 is 5.84. The third-order valence-corrected chi connectivity index (χ3v) is 3.60. The molecule has 0 saturated heterocycles. The molecule has 0 amide bonds.